The molecule has 6 heteroatoms. The van der Waals surface area contributed by atoms with E-state index >= 15 is 0 Å². The maximum atomic E-state index is 12.5. The molecule has 2 aromatic carbocycles. The number of benzene rings is 2. The molecule has 2 aromatic rings. The molecule has 0 aliphatic rings. The third kappa shape index (κ3) is 5.88. The van der Waals surface area contributed by atoms with Crippen LogP contribution < -0.4 is 10.6 Å². The smallest absolute Gasteiger partial charge is 0.321 e. The first-order valence-electron chi connectivity index (χ1n) is 8.34. The molecule has 0 fully saturated rings. The first-order valence-corrected chi connectivity index (χ1v) is 9.13. The molecule has 0 saturated carbocycles. The average molecular weight is 418 g/mol. The van der Waals surface area contributed by atoms with Gasteiger partial charge in [0.25, 0.3) is 5.91 Å². The van der Waals surface area contributed by atoms with Crippen molar-refractivity contribution in [2.45, 2.75) is 32.9 Å². The summed E-state index contributed by atoms with van der Waals surface area (Å²) in [5.74, 6) is -0.219. The van der Waals surface area contributed by atoms with E-state index in [1.54, 1.807) is 36.2 Å². The Morgan fingerprint density at radius 2 is 1.65 bits per heavy atom. The van der Waals surface area contributed by atoms with Crippen molar-refractivity contribution in [2.75, 3.05) is 12.4 Å². The lowest BCUT2D eigenvalue weighted by Crippen LogP contribution is -2.41. The number of para-hydroxylation sites is 1. The standard InChI is InChI=1S/C20H24BrN3O2/c1-20(2,3)23-18(25)16-7-5-6-8-17(16)22-19(26)24(4)13-14-9-11-15(21)12-10-14/h5-12H,13H2,1-4H3,(H,22,26)(H,23,25). The number of anilines is 1. The van der Waals surface area contributed by atoms with Crippen LogP contribution in [-0.2, 0) is 6.54 Å². The minimum atomic E-state index is -0.355. The molecule has 0 atom stereocenters. The van der Waals surface area contributed by atoms with Crippen LogP contribution in [0.15, 0.2) is 53.0 Å². The van der Waals surface area contributed by atoms with E-state index < -0.39 is 0 Å². The van der Waals surface area contributed by atoms with Crippen LogP contribution in [0.4, 0.5) is 10.5 Å². The van der Waals surface area contributed by atoms with Gasteiger partial charge >= 0.3 is 6.03 Å². The normalized spacial score (nSPS) is 11.0. The Bertz CT molecular complexity index is 782. The summed E-state index contributed by atoms with van der Waals surface area (Å²) >= 11 is 3.40. The molecule has 2 N–H and O–H groups in total. The number of halogens is 1. The Balaban J connectivity index is 2.08. The third-order valence-corrected chi connectivity index (χ3v) is 4.11. The molecule has 2 rings (SSSR count). The zero-order valence-corrected chi connectivity index (χ0v) is 17.1. The van der Waals surface area contributed by atoms with E-state index in [9.17, 15) is 9.59 Å². The minimum Gasteiger partial charge on any atom is -0.347 e. The minimum absolute atomic E-state index is 0.219. The molecule has 0 radical (unpaired) electrons. The summed E-state index contributed by atoms with van der Waals surface area (Å²) in [6, 6.07) is 14.5. The van der Waals surface area contributed by atoms with E-state index in [0.717, 1.165) is 10.0 Å². The Morgan fingerprint density at radius 1 is 1.04 bits per heavy atom. The number of nitrogens with zero attached hydrogens (tertiary/aromatic N) is 1. The number of amides is 3. The van der Waals surface area contributed by atoms with Crippen LogP contribution in [0.2, 0.25) is 0 Å². The van der Waals surface area contributed by atoms with Gasteiger partial charge in [-0.05, 0) is 50.6 Å². The van der Waals surface area contributed by atoms with Gasteiger partial charge in [0.1, 0.15) is 0 Å². The van der Waals surface area contributed by atoms with Gasteiger partial charge in [-0.1, -0.05) is 40.2 Å². The van der Waals surface area contributed by atoms with Gasteiger partial charge in [0.2, 0.25) is 0 Å². The van der Waals surface area contributed by atoms with Gasteiger partial charge in [-0.15, -0.1) is 0 Å². The van der Waals surface area contributed by atoms with Gasteiger partial charge in [-0.25, -0.2) is 4.79 Å². The van der Waals surface area contributed by atoms with Gasteiger partial charge in [0.15, 0.2) is 0 Å². The Morgan fingerprint density at radius 3 is 2.27 bits per heavy atom. The molecule has 0 aliphatic carbocycles. The Hall–Kier alpha value is -2.34. The molecule has 0 aliphatic heterocycles. The molecular weight excluding hydrogens is 394 g/mol. The fourth-order valence-corrected chi connectivity index (χ4v) is 2.61. The second kappa shape index (κ2) is 8.36. The lowest BCUT2D eigenvalue weighted by Gasteiger charge is -2.22. The molecule has 0 spiro atoms. The summed E-state index contributed by atoms with van der Waals surface area (Å²) in [5.41, 5.74) is 1.59. The van der Waals surface area contributed by atoms with Crippen molar-refractivity contribution in [3.63, 3.8) is 0 Å². The number of carbonyl (C=O) groups is 2. The van der Waals surface area contributed by atoms with Crippen LogP contribution in [0.5, 0.6) is 0 Å². The summed E-state index contributed by atoms with van der Waals surface area (Å²) in [4.78, 5) is 26.6. The molecule has 0 heterocycles. The van der Waals surface area contributed by atoms with E-state index in [4.69, 9.17) is 0 Å². The van der Waals surface area contributed by atoms with Crippen molar-refractivity contribution in [1.29, 1.82) is 0 Å². The molecule has 0 bridgehead atoms. The molecule has 5 nitrogen and oxygen atoms in total. The maximum absolute atomic E-state index is 12.5. The van der Waals surface area contributed by atoms with Crippen molar-refractivity contribution >= 4 is 33.6 Å². The zero-order chi connectivity index (χ0) is 19.3. The maximum Gasteiger partial charge on any atom is 0.321 e. The largest absolute Gasteiger partial charge is 0.347 e. The number of hydrogen-bond acceptors (Lipinski definition) is 2. The summed E-state index contributed by atoms with van der Waals surface area (Å²) in [6.45, 7) is 6.21. The van der Waals surface area contributed by atoms with Gasteiger partial charge < -0.3 is 15.5 Å². The van der Waals surface area contributed by atoms with Crippen LogP contribution >= 0.6 is 15.9 Å². The Labute approximate surface area is 162 Å². The number of urea groups is 1. The molecule has 138 valence electrons. The van der Waals surface area contributed by atoms with Crippen molar-refractivity contribution in [1.82, 2.24) is 10.2 Å². The number of carbonyl (C=O) groups excluding carboxylic acids is 2. The average Bonchev–Trinajstić information content (AvgIpc) is 2.55. The summed E-state index contributed by atoms with van der Waals surface area (Å²) in [6.07, 6.45) is 0. The van der Waals surface area contributed by atoms with E-state index in [1.165, 1.54) is 0 Å². The van der Waals surface area contributed by atoms with Crippen molar-refractivity contribution < 1.29 is 9.59 Å². The topological polar surface area (TPSA) is 61.4 Å². The van der Waals surface area contributed by atoms with E-state index in [-0.39, 0.29) is 17.5 Å². The highest BCUT2D eigenvalue weighted by atomic mass is 79.9. The number of rotatable bonds is 4. The predicted octanol–water partition coefficient (Wildman–Crippen LogP) is 4.64. The van der Waals surface area contributed by atoms with Crippen LogP contribution in [0.25, 0.3) is 0 Å². The van der Waals surface area contributed by atoms with Crippen molar-refractivity contribution in [2.24, 2.45) is 0 Å². The molecule has 0 unspecified atom stereocenters. The van der Waals surface area contributed by atoms with E-state index in [1.807, 2.05) is 45.0 Å². The van der Waals surface area contributed by atoms with E-state index in [0.29, 0.717) is 17.8 Å². The second-order valence-corrected chi connectivity index (χ2v) is 8.08. The first kappa shape index (κ1) is 20.0. The highest BCUT2D eigenvalue weighted by Crippen LogP contribution is 2.18. The zero-order valence-electron chi connectivity index (χ0n) is 15.5. The van der Waals surface area contributed by atoms with Crippen molar-refractivity contribution in [3.8, 4) is 0 Å². The summed E-state index contributed by atoms with van der Waals surface area (Å²) in [5, 5.41) is 5.74. The molecule has 0 aromatic heterocycles. The molecule has 26 heavy (non-hydrogen) atoms. The first-order chi connectivity index (χ1) is 12.2. The lowest BCUT2D eigenvalue weighted by molar-refractivity contribution is 0.0920. The fraction of sp³-hybridized carbons (Fsp3) is 0.300. The third-order valence-electron chi connectivity index (χ3n) is 3.58. The van der Waals surface area contributed by atoms with Crippen LogP contribution in [0.1, 0.15) is 36.7 Å². The molecular formula is C20H24BrN3O2. The summed E-state index contributed by atoms with van der Waals surface area (Å²) in [7, 11) is 1.72. The predicted molar refractivity (Wildman–Crippen MR) is 108 cm³/mol. The van der Waals surface area contributed by atoms with Gasteiger partial charge in [-0.3, -0.25) is 4.79 Å². The second-order valence-electron chi connectivity index (χ2n) is 7.16. The van der Waals surface area contributed by atoms with E-state index in [2.05, 4.69) is 26.6 Å². The van der Waals surface area contributed by atoms with Gasteiger partial charge in [-0.2, -0.15) is 0 Å². The van der Waals surface area contributed by atoms with Crippen LogP contribution in [0.3, 0.4) is 0 Å². The fourth-order valence-electron chi connectivity index (χ4n) is 2.34. The number of hydrogen-bond donors (Lipinski definition) is 2. The number of nitrogens with one attached hydrogen (secondary N) is 2. The van der Waals surface area contributed by atoms with Crippen molar-refractivity contribution in [3.05, 3.63) is 64.1 Å². The monoisotopic (exact) mass is 417 g/mol. The molecule has 3 amide bonds. The summed E-state index contributed by atoms with van der Waals surface area (Å²) < 4.78 is 0.993. The van der Waals surface area contributed by atoms with Crippen LogP contribution in [0, 0.1) is 0 Å². The lowest BCUT2D eigenvalue weighted by atomic mass is 10.1. The SMILES string of the molecule is CN(Cc1ccc(Br)cc1)C(=O)Nc1ccccc1C(=O)NC(C)(C)C. The quantitative estimate of drug-likeness (QED) is 0.760. The molecule has 0 saturated heterocycles. The highest BCUT2D eigenvalue weighted by molar-refractivity contribution is 9.10. The Kier molecular flexibility index (Phi) is 6.42. The van der Waals surface area contributed by atoms with Gasteiger partial charge in [0.05, 0.1) is 11.3 Å². The highest BCUT2D eigenvalue weighted by Gasteiger charge is 2.19. The van der Waals surface area contributed by atoms with Crippen LogP contribution in [-0.4, -0.2) is 29.4 Å². The van der Waals surface area contributed by atoms with Gasteiger partial charge in [0, 0.05) is 23.6 Å².